The third-order valence-electron chi connectivity index (χ3n) is 4.33. The molecule has 1 fully saturated rings. The van der Waals surface area contributed by atoms with Crippen molar-refractivity contribution in [2.45, 2.75) is 35.8 Å². The van der Waals surface area contributed by atoms with Crippen LogP contribution in [-0.2, 0) is 17.4 Å². The summed E-state index contributed by atoms with van der Waals surface area (Å²) >= 11 is 1.31. The lowest BCUT2D eigenvalue weighted by Gasteiger charge is -2.10. The fourth-order valence-corrected chi connectivity index (χ4v) is 4.24. The fourth-order valence-electron chi connectivity index (χ4n) is 2.76. The molecule has 5 N–H and O–H groups in total. The van der Waals surface area contributed by atoms with Crippen LogP contribution in [0.5, 0.6) is 0 Å². The molecular formula is C17H20N6O2S2. The summed E-state index contributed by atoms with van der Waals surface area (Å²) in [6.07, 6.45) is 5.43. The molecule has 0 spiro atoms. The van der Waals surface area contributed by atoms with Crippen LogP contribution in [0, 0.1) is 0 Å². The first-order valence-electron chi connectivity index (χ1n) is 8.69. The molecule has 3 heterocycles. The largest absolute Gasteiger partial charge is 0.396 e. The Morgan fingerprint density at radius 2 is 2.26 bits per heavy atom. The molecule has 0 bridgehead atoms. The van der Waals surface area contributed by atoms with Crippen molar-refractivity contribution in [3.05, 3.63) is 35.7 Å². The van der Waals surface area contributed by atoms with E-state index in [1.807, 2.05) is 12.1 Å². The summed E-state index contributed by atoms with van der Waals surface area (Å²) in [5.41, 5.74) is 2.04. The number of aromatic amines is 1. The Hall–Kier alpha value is -2.14. The maximum Gasteiger partial charge on any atom is 0.171 e. The van der Waals surface area contributed by atoms with Crippen LogP contribution >= 0.6 is 11.3 Å². The van der Waals surface area contributed by atoms with Crippen LogP contribution in [-0.4, -0.2) is 36.1 Å². The second kappa shape index (κ2) is 7.85. The van der Waals surface area contributed by atoms with Crippen LogP contribution in [0.3, 0.4) is 0 Å². The Bertz CT molecular complexity index is 966. The van der Waals surface area contributed by atoms with E-state index in [2.05, 4.69) is 25.5 Å². The van der Waals surface area contributed by atoms with Gasteiger partial charge in [0.05, 0.1) is 4.88 Å². The van der Waals surface area contributed by atoms with E-state index in [4.69, 9.17) is 10.2 Å². The number of hydrogen-bond donors (Lipinski definition) is 4. The van der Waals surface area contributed by atoms with Gasteiger partial charge in [0.1, 0.15) is 21.0 Å². The molecule has 8 nitrogen and oxygen atoms in total. The van der Waals surface area contributed by atoms with E-state index < -0.39 is 11.0 Å². The highest BCUT2D eigenvalue weighted by Gasteiger charge is 2.25. The van der Waals surface area contributed by atoms with Gasteiger partial charge in [-0.3, -0.25) is 5.10 Å². The van der Waals surface area contributed by atoms with Gasteiger partial charge in [-0.15, -0.1) is 11.3 Å². The molecule has 1 aliphatic rings. The highest BCUT2D eigenvalue weighted by Crippen LogP contribution is 2.39. The number of hydrogen-bond acceptors (Lipinski definition) is 7. The summed E-state index contributed by atoms with van der Waals surface area (Å²) in [5, 5.41) is 25.3. The van der Waals surface area contributed by atoms with Crippen molar-refractivity contribution in [3.8, 4) is 10.7 Å². The summed E-state index contributed by atoms with van der Waals surface area (Å²) < 4.78 is 12.0. The molecule has 142 valence electrons. The molecule has 0 amide bonds. The third-order valence-corrected chi connectivity index (χ3v) is 6.48. The van der Waals surface area contributed by atoms with Crippen molar-refractivity contribution >= 4 is 34.0 Å². The Morgan fingerprint density at radius 3 is 2.96 bits per heavy atom. The van der Waals surface area contributed by atoms with Crippen LogP contribution in [0.1, 0.15) is 36.4 Å². The number of nitrogens with two attached hydrogens (primary N) is 1. The van der Waals surface area contributed by atoms with E-state index in [-0.39, 0.29) is 6.61 Å². The SMILES string of the molecule is NS(=O)c1ccc(-c2ncc(CCCO)c(Nc3cc(C4CC4)[nH]n3)n2)s1. The molecule has 27 heavy (non-hydrogen) atoms. The second-order valence-corrected chi connectivity index (χ2v) is 8.80. The minimum Gasteiger partial charge on any atom is -0.396 e. The highest BCUT2D eigenvalue weighted by molar-refractivity contribution is 7.85. The standard InChI is InChI=1S/C17H20N6O2S2/c18-27(25)15-6-5-13(26-15)17-19-9-11(2-1-7-24)16(21-17)20-14-8-12(22-23-14)10-3-4-10/h5-6,8-10,24H,1-4,7,18H2,(H2,19,20,21,22,23). The van der Waals surface area contributed by atoms with E-state index in [0.29, 0.717) is 40.4 Å². The van der Waals surface area contributed by atoms with Gasteiger partial charge in [0.2, 0.25) is 0 Å². The summed E-state index contributed by atoms with van der Waals surface area (Å²) in [6.45, 7) is 0.103. The number of thiophene rings is 1. The van der Waals surface area contributed by atoms with E-state index in [1.54, 1.807) is 12.3 Å². The van der Waals surface area contributed by atoms with Gasteiger partial charge in [-0.05, 0) is 37.8 Å². The summed E-state index contributed by atoms with van der Waals surface area (Å²) in [6, 6.07) is 5.55. The van der Waals surface area contributed by atoms with Crippen molar-refractivity contribution in [1.82, 2.24) is 20.2 Å². The minimum atomic E-state index is -1.52. The predicted molar refractivity (Wildman–Crippen MR) is 105 cm³/mol. The molecule has 3 aromatic heterocycles. The molecule has 0 aliphatic heterocycles. The lowest BCUT2D eigenvalue weighted by atomic mass is 10.1. The number of nitrogens with zero attached hydrogens (tertiary/aromatic N) is 3. The van der Waals surface area contributed by atoms with Crippen LogP contribution in [0.25, 0.3) is 10.7 Å². The van der Waals surface area contributed by atoms with Crippen molar-refractivity contribution in [2.24, 2.45) is 5.14 Å². The van der Waals surface area contributed by atoms with Gasteiger partial charge < -0.3 is 10.4 Å². The first kappa shape index (κ1) is 18.2. The van der Waals surface area contributed by atoms with Gasteiger partial charge >= 0.3 is 0 Å². The van der Waals surface area contributed by atoms with Gasteiger partial charge in [-0.25, -0.2) is 19.3 Å². The topological polar surface area (TPSA) is 130 Å². The lowest BCUT2D eigenvalue weighted by Crippen LogP contribution is -2.03. The van der Waals surface area contributed by atoms with Gasteiger partial charge in [-0.1, -0.05) is 0 Å². The van der Waals surface area contributed by atoms with Crippen LogP contribution < -0.4 is 10.5 Å². The number of aromatic nitrogens is 4. The number of anilines is 2. The summed E-state index contributed by atoms with van der Waals surface area (Å²) in [7, 11) is -1.52. The fraction of sp³-hybridized carbons (Fsp3) is 0.353. The predicted octanol–water partition coefficient (Wildman–Crippen LogP) is 2.46. The average molecular weight is 405 g/mol. The Labute approximate surface area is 162 Å². The zero-order chi connectivity index (χ0) is 18.8. The molecule has 1 aliphatic carbocycles. The molecule has 10 heteroatoms. The lowest BCUT2D eigenvalue weighted by molar-refractivity contribution is 0.288. The second-order valence-electron chi connectivity index (χ2n) is 6.42. The van der Waals surface area contributed by atoms with Gasteiger partial charge in [-0.2, -0.15) is 5.10 Å². The van der Waals surface area contributed by atoms with Gasteiger partial charge in [0.25, 0.3) is 0 Å². The molecule has 1 unspecified atom stereocenters. The minimum absolute atomic E-state index is 0.103. The molecule has 0 aromatic carbocycles. The zero-order valence-electron chi connectivity index (χ0n) is 14.5. The molecule has 0 saturated heterocycles. The van der Waals surface area contributed by atoms with E-state index in [0.717, 1.165) is 16.1 Å². The number of H-pyrrole nitrogens is 1. The van der Waals surface area contributed by atoms with Crippen molar-refractivity contribution < 1.29 is 9.32 Å². The smallest absolute Gasteiger partial charge is 0.171 e. The first-order valence-corrected chi connectivity index (χ1v) is 10.7. The van der Waals surface area contributed by atoms with Gasteiger partial charge in [0, 0.05) is 36.0 Å². The van der Waals surface area contributed by atoms with Crippen LogP contribution in [0.2, 0.25) is 0 Å². The van der Waals surface area contributed by atoms with Gasteiger partial charge in [0.15, 0.2) is 11.6 Å². The number of aryl methyl sites for hydroxylation is 1. The third kappa shape index (κ3) is 4.24. The first-order chi connectivity index (χ1) is 13.1. The van der Waals surface area contributed by atoms with E-state index in [1.165, 1.54) is 24.2 Å². The summed E-state index contributed by atoms with van der Waals surface area (Å²) in [5.74, 6) is 2.49. The average Bonchev–Trinajstić information content (AvgIpc) is 3.20. The van der Waals surface area contributed by atoms with E-state index >= 15 is 0 Å². The zero-order valence-corrected chi connectivity index (χ0v) is 16.1. The Morgan fingerprint density at radius 1 is 1.41 bits per heavy atom. The molecule has 3 aromatic rings. The highest BCUT2D eigenvalue weighted by atomic mass is 32.2. The maximum absolute atomic E-state index is 11.4. The molecule has 0 radical (unpaired) electrons. The van der Waals surface area contributed by atoms with Crippen LogP contribution in [0.15, 0.2) is 28.6 Å². The quantitative estimate of drug-likeness (QED) is 0.456. The summed E-state index contributed by atoms with van der Waals surface area (Å²) in [4.78, 5) is 9.87. The van der Waals surface area contributed by atoms with E-state index in [9.17, 15) is 4.21 Å². The molecule has 1 atom stereocenters. The van der Waals surface area contributed by atoms with Crippen LogP contribution in [0.4, 0.5) is 11.6 Å². The number of nitrogens with one attached hydrogen (secondary N) is 2. The molecule has 1 saturated carbocycles. The Kier molecular flexibility index (Phi) is 5.30. The van der Waals surface area contributed by atoms with Crippen molar-refractivity contribution in [3.63, 3.8) is 0 Å². The van der Waals surface area contributed by atoms with Crippen molar-refractivity contribution in [2.75, 3.05) is 11.9 Å². The monoisotopic (exact) mass is 404 g/mol. The normalized spacial score (nSPS) is 15.0. The molecular weight excluding hydrogens is 384 g/mol. The Balaban J connectivity index is 1.63. The number of rotatable bonds is 8. The number of aliphatic hydroxyl groups is 1. The molecule has 4 rings (SSSR count). The maximum atomic E-state index is 11.4. The van der Waals surface area contributed by atoms with Crippen molar-refractivity contribution in [1.29, 1.82) is 0 Å². The number of aliphatic hydroxyl groups excluding tert-OH is 1.